The quantitative estimate of drug-likeness (QED) is 0.585. The summed E-state index contributed by atoms with van der Waals surface area (Å²) in [6, 6.07) is 2.15. The van der Waals surface area contributed by atoms with E-state index in [1.54, 1.807) is 6.08 Å². The highest BCUT2D eigenvalue weighted by Gasteiger charge is 2.38. The number of carbonyl (C=O) groups excluding carboxylic acids is 1. The fraction of sp³-hybridized carbons (Fsp3) is 0.600. The molecule has 0 bridgehead atoms. The van der Waals surface area contributed by atoms with Crippen LogP contribution in [0, 0.1) is 16.7 Å². The minimum atomic E-state index is -0.722. The second kappa shape index (κ2) is 3.53. The van der Waals surface area contributed by atoms with Crippen LogP contribution in [0.1, 0.15) is 32.1 Å². The number of allylic oxidation sites excluding steroid dienone is 1. The minimum absolute atomic E-state index is 0.108. The van der Waals surface area contributed by atoms with Crippen molar-refractivity contribution in [2.75, 3.05) is 0 Å². The zero-order valence-corrected chi connectivity index (χ0v) is 7.18. The van der Waals surface area contributed by atoms with Crippen molar-refractivity contribution >= 4 is 5.78 Å². The SMILES string of the molecule is C=CC[C@]1(C#N)CCCCC1=O. The highest BCUT2D eigenvalue weighted by atomic mass is 16.1. The molecule has 1 saturated carbocycles. The first-order chi connectivity index (χ1) is 5.75. The van der Waals surface area contributed by atoms with Crippen LogP contribution in [-0.2, 0) is 4.79 Å². The second-order valence-corrected chi connectivity index (χ2v) is 3.32. The van der Waals surface area contributed by atoms with Gasteiger partial charge in [-0.2, -0.15) is 5.26 Å². The first-order valence-corrected chi connectivity index (χ1v) is 4.30. The Bertz CT molecular complexity index is 239. The summed E-state index contributed by atoms with van der Waals surface area (Å²) in [7, 11) is 0. The van der Waals surface area contributed by atoms with Gasteiger partial charge in [0.15, 0.2) is 5.78 Å². The van der Waals surface area contributed by atoms with Crippen molar-refractivity contribution in [1.82, 2.24) is 0 Å². The van der Waals surface area contributed by atoms with Gasteiger partial charge in [-0.3, -0.25) is 4.79 Å². The predicted octanol–water partition coefficient (Wildman–Crippen LogP) is 2.22. The van der Waals surface area contributed by atoms with E-state index >= 15 is 0 Å². The van der Waals surface area contributed by atoms with Crippen LogP contribution in [-0.4, -0.2) is 5.78 Å². The molecule has 0 N–H and O–H groups in total. The van der Waals surface area contributed by atoms with Gasteiger partial charge in [0.05, 0.1) is 6.07 Å². The number of hydrogen-bond acceptors (Lipinski definition) is 2. The number of carbonyl (C=O) groups is 1. The summed E-state index contributed by atoms with van der Waals surface area (Å²) in [5.74, 6) is 0.108. The van der Waals surface area contributed by atoms with Crippen LogP contribution >= 0.6 is 0 Å². The first-order valence-electron chi connectivity index (χ1n) is 4.30. The third-order valence-corrected chi connectivity index (χ3v) is 2.50. The number of Topliss-reactive ketones (excluding diaryl/α,β-unsaturated/α-hetero) is 1. The van der Waals surface area contributed by atoms with Gasteiger partial charge < -0.3 is 0 Å². The lowest BCUT2D eigenvalue weighted by Gasteiger charge is -2.27. The van der Waals surface area contributed by atoms with Crippen molar-refractivity contribution < 1.29 is 4.79 Å². The zero-order valence-electron chi connectivity index (χ0n) is 7.18. The average molecular weight is 163 g/mol. The van der Waals surface area contributed by atoms with E-state index in [4.69, 9.17) is 5.26 Å². The van der Waals surface area contributed by atoms with Gasteiger partial charge in [0.2, 0.25) is 0 Å². The largest absolute Gasteiger partial charge is 0.298 e. The number of nitriles is 1. The van der Waals surface area contributed by atoms with E-state index in [1.807, 2.05) is 0 Å². The van der Waals surface area contributed by atoms with Crippen LogP contribution in [0.5, 0.6) is 0 Å². The highest BCUT2D eigenvalue weighted by Crippen LogP contribution is 2.35. The molecule has 0 aromatic heterocycles. The van der Waals surface area contributed by atoms with E-state index in [0.29, 0.717) is 19.3 Å². The van der Waals surface area contributed by atoms with Gasteiger partial charge in [-0.15, -0.1) is 6.58 Å². The molecule has 1 aliphatic rings. The molecular weight excluding hydrogens is 150 g/mol. The van der Waals surface area contributed by atoms with E-state index in [-0.39, 0.29) is 5.78 Å². The van der Waals surface area contributed by atoms with Crippen molar-refractivity contribution in [3.63, 3.8) is 0 Å². The maximum absolute atomic E-state index is 11.5. The maximum atomic E-state index is 11.5. The second-order valence-electron chi connectivity index (χ2n) is 3.32. The van der Waals surface area contributed by atoms with E-state index in [2.05, 4.69) is 12.6 Å². The monoisotopic (exact) mass is 163 g/mol. The third kappa shape index (κ3) is 1.40. The molecule has 2 heteroatoms. The molecule has 0 aliphatic heterocycles. The summed E-state index contributed by atoms with van der Waals surface area (Å²) in [6.45, 7) is 3.58. The fourth-order valence-electron chi connectivity index (χ4n) is 1.72. The molecule has 0 aromatic rings. The molecule has 0 amide bonds. The Kier molecular flexibility index (Phi) is 2.65. The molecule has 0 saturated heterocycles. The maximum Gasteiger partial charge on any atom is 0.153 e. The lowest BCUT2D eigenvalue weighted by molar-refractivity contribution is -0.127. The molecule has 12 heavy (non-hydrogen) atoms. The van der Waals surface area contributed by atoms with Crippen LogP contribution in [0.2, 0.25) is 0 Å². The van der Waals surface area contributed by atoms with Gasteiger partial charge in [0.1, 0.15) is 5.41 Å². The van der Waals surface area contributed by atoms with Crippen molar-refractivity contribution in [2.24, 2.45) is 5.41 Å². The molecule has 2 nitrogen and oxygen atoms in total. The molecule has 0 unspecified atom stereocenters. The standard InChI is InChI=1S/C10H13NO/c1-2-6-10(8-11)7-4-3-5-9(10)12/h2H,1,3-7H2/t10-/m1/s1. The molecule has 0 heterocycles. The van der Waals surface area contributed by atoms with Crippen LogP contribution < -0.4 is 0 Å². The van der Waals surface area contributed by atoms with E-state index < -0.39 is 5.41 Å². The number of hydrogen-bond donors (Lipinski definition) is 0. The van der Waals surface area contributed by atoms with Crippen molar-refractivity contribution in [2.45, 2.75) is 32.1 Å². The van der Waals surface area contributed by atoms with Crippen molar-refractivity contribution in [3.05, 3.63) is 12.7 Å². The molecule has 1 fully saturated rings. The Hall–Kier alpha value is -1.10. The summed E-state index contributed by atoms with van der Waals surface area (Å²) in [5.41, 5.74) is -0.722. The van der Waals surface area contributed by atoms with E-state index in [9.17, 15) is 4.79 Å². The normalized spacial score (nSPS) is 29.4. The van der Waals surface area contributed by atoms with Gasteiger partial charge in [-0.05, 0) is 19.3 Å². The molecule has 1 aliphatic carbocycles. The number of nitrogens with zero attached hydrogens (tertiary/aromatic N) is 1. The Morgan fingerprint density at radius 2 is 2.42 bits per heavy atom. The van der Waals surface area contributed by atoms with E-state index in [1.165, 1.54) is 0 Å². The molecule has 0 spiro atoms. The smallest absolute Gasteiger partial charge is 0.153 e. The van der Waals surface area contributed by atoms with Crippen LogP contribution in [0.3, 0.4) is 0 Å². The van der Waals surface area contributed by atoms with Gasteiger partial charge >= 0.3 is 0 Å². The van der Waals surface area contributed by atoms with Gasteiger partial charge in [0.25, 0.3) is 0 Å². The highest BCUT2D eigenvalue weighted by molar-refractivity contribution is 5.88. The number of ketones is 1. The molecular formula is C10H13NO. The first kappa shape index (κ1) is 8.99. The lowest BCUT2D eigenvalue weighted by atomic mass is 9.72. The van der Waals surface area contributed by atoms with Crippen LogP contribution in [0.15, 0.2) is 12.7 Å². The van der Waals surface area contributed by atoms with Crippen molar-refractivity contribution in [1.29, 1.82) is 5.26 Å². The Labute approximate surface area is 72.9 Å². The summed E-state index contributed by atoms with van der Waals surface area (Å²) in [4.78, 5) is 11.5. The lowest BCUT2D eigenvalue weighted by Crippen LogP contribution is -2.32. The van der Waals surface area contributed by atoms with Gasteiger partial charge in [0, 0.05) is 6.42 Å². The fourth-order valence-corrected chi connectivity index (χ4v) is 1.72. The zero-order chi connectivity index (χ0) is 9.03. The van der Waals surface area contributed by atoms with Crippen molar-refractivity contribution in [3.8, 4) is 6.07 Å². The molecule has 64 valence electrons. The molecule has 0 radical (unpaired) electrons. The average Bonchev–Trinajstić information content (AvgIpc) is 2.10. The summed E-state index contributed by atoms with van der Waals surface area (Å²) >= 11 is 0. The minimum Gasteiger partial charge on any atom is -0.298 e. The van der Waals surface area contributed by atoms with E-state index in [0.717, 1.165) is 12.8 Å². The Morgan fingerprint density at radius 3 is 2.92 bits per heavy atom. The Balaban J connectivity index is 2.82. The summed E-state index contributed by atoms with van der Waals surface area (Å²) in [5, 5.41) is 8.92. The Morgan fingerprint density at radius 1 is 1.67 bits per heavy atom. The van der Waals surface area contributed by atoms with Gasteiger partial charge in [-0.1, -0.05) is 12.5 Å². The number of rotatable bonds is 2. The summed E-state index contributed by atoms with van der Waals surface area (Å²) < 4.78 is 0. The van der Waals surface area contributed by atoms with Crippen LogP contribution in [0.25, 0.3) is 0 Å². The topological polar surface area (TPSA) is 40.9 Å². The van der Waals surface area contributed by atoms with Crippen LogP contribution in [0.4, 0.5) is 0 Å². The molecule has 1 rings (SSSR count). The third-order valence-electron chi connectivity index (χ3n) is 2.50. The predicted molar refractivity (Wildman–Crippen MR) is 46.3 cm³/mol. The molecule has 1 atom stereocenters. The summed E-state index contributed by atoms with van der Waals surface area (Å²) in [6.07, 6.45) is 5.41. The molecule has 0 aromatic carbocycles. The van der Waals surface area contributed by atoms with Gasteiger partial charge in [-0.25, -0.2) is 0 Å².